The quantitative estimate of drug-likeness (QED) is 0.760. The SMILES string of the molecule is Cn1ccc(CS(=O)CCC(=O)O)n1. The van der Waals surface area contributed by atoms with E-state index in [9.17, 15) is 9.00 Å². The molecule has 0 radical (unpaired) electrons. The van der Waals surface area contributed by atoms with Crippen molar-refractivity contribution in [1.82, 2.24) is 9.78 Å². The lowest BCUT2D eigenvalue weighted by Crippen LogP contribution is -2.07. The number of carboxylic acids is 1. The fourth-order valence-electron chi connectivity index (χ4n) is 0.978. The van der Waals surface area contributed by atoms with Gasteiger partial charge in [0.2, 0.25) is 0 Å². The van der Waals surface area contributed by atoms with Crippen LogP contribution in [0, 0.1) is 0 Å². The molecule has 1 atom stereocenters. The number of carboxylic acid groups (broad SMARTS) is 1. The Morgan fingerprint density at radius 3 is 2.93 bits per heavy atom. The number of nitrogens with zero attached hydrogens (tertiary/aromatic N) is 2. The molecule has 0 aliphatic heterocycles. The van der Waals surface area contributed by atoms with E-state index in [0.29, 0.717) is 5.75 Å². The number of hydrogen-bond donors (Lipinski definition) is 1. The van der Waals surface area contributed by atoms with Crippen molar-refractivity contribution in [1.29, 1.82) is 0 Å². The molecule has 0 saturated carbocycles. The Labute approximate surface area is 84.2 Å². The summed E-state index contributed by atoms with van der Waals surface area (Å²) >= 11 is 0. The van der Waals surface area contributed by atoms with Gasteiger partial charge in [-0.25, -0.2) is 0 Å². The lowest BCUT2D eigenvalue weighted by Gasteiger charge is -1.96. The second kappa shape index (κ2) is 4.90. The van der Waals surface area contributed by atoms with Gasteiger partial charge in [-0.05, 0) is 6.07 Å². The summed E-state index contributed by atoms with van der Waals surface area (Å²) in [6.07, 6.45) is 1.71. The van der Waals surface area contributed by atoms with Crippen LogP contribution in [0.5, 0.6) is 0 Å². The van der Waals surface area contributed by atoms with Crippen LogP contribution in [0.15, 0.2) is 12.3 Å². The largest absolute Gasteiger partial charge is 0.481 e. The standard InChI is InChI=1S/C8H12N2O3S/c1-10-4-2-7(9-10)6-14(13)5-3-8(11)12/h2,4H,3,5-6H2,1H3,(H,11,12). The predicted molar refractivity (Wildman–Crippen MR) is 52.2 cm³/mol. The summed E-state index contributed by atoms with van der Waals surface area (Å²) in [5.74, 6) is -0.403. The van der Waals surface area contributed by atoms with E-state index in [0.717, 1.165) is 5.69 Å². The third kappa shape index (κ3) is 3.69. The molecule has 1 heterocycles. The highest BCUT2D eigenvalue weighted by Crippen LogP contribution is 2.00. The van der Waals surface area contributed by atoms with Crippen molar-refractivity contribution >= 4 is 16.8 Å². The second-order valence-electron chi connectivity index (χ2n) is 2.91. The van der Waals surface area contributed by atoms with E-state index in [2.05, 4.69) is 5.10 Å². The minimum atomic E-state index is -1.13. The zero-order chi connectivity index (χ0) is 10.6. The minimum absolute atomic E-state index is 0.0561. The molecule has 1 rings (SSSR count). The van der Waals surface area contributed by atoms with E-state index in [-0.39, 0.29) is 12.2 Å². The molecule has 0 spiro atoms. The molecule has 6 heteroatoms. The van der Waals surface area contributed by atoms with Crippen LogP contribution in [0.2, 0.25) is 0 Å². The highest BCUT2D eigenvalue weighted by atomic mass is 32.2. The number of rotatable bonds is 5. The predicted octanol–water partition coefficient (Wildman–Crippen LogP) is 0.143. The summed E-state index contributed by atoms with van der Waals surface area (Å²) in [4.78, 5) is 10.2. The van der Waals surface area contributed by atoms with Gasteiger partial charge < -0.3 is 5.11 Å². The zero-order valence-corrected chi connectivity index (χ0v) is 8.66. The Balaban J connectivity index is 2.37. The van der Waals surface area contributed by atoms with E-state index in [1.807, 2.05) is 0 Å². The molecule has 0 bridgehead atoms. The Morgan fingerprint density at radius 1 is 1.71 bits per heavy atom. The third-order valence-electron chi connectivity index (χ3n) is 1.62. The molecule has 0 amide bonds. The number of aryl methyl sites for hydroxylation is 1. The zero-order valence-electron chi connectivity index (χ0n) is 7.84. The Bertz CT molecular complexity index is 348. The summed E-state index contributed by atoms with van der Waals surface area (Å²) < 4.78 is 13.0. The molecule has 0 saturated heterocycles. The van der Waals surface area contributed by atoms with Crippen molar-refractivity contribution in [2.24, 2.45) is 7.05 Å². The summed E-state index contributed by atoms with van der Waals surface area (Å²) in [5, 5.41) is 12.4. The molecule has 5 nitrogen and oxygen atoms in total. The molecule has 14 heavy (non-hydrogen) atoms. The van der Waals surface area contributed by atoms with E-state index in [1.54, 1.807) is 24.0 Å². The number of carbonyl (C=O) groups is 1. The van der Waals surface area contributed by atoms with Crippen molar-refractivity contribution in [2.45, 2.75) is 12.2 Å². The Hall–Kier alpha value is -1.17. The first-order valence-electron chi connectivity index (χ1n) is 4.13. The van der Waals surface area contributed by atoms with Gasteiger partial charge >= 0.3 is 5.97 Å². The fraction of sp³-hybridized carbons (Fsp3) is 0.500. The molecule has 0 fully saturated rings. The summed E-state index contributed by atoms with van der Waals surface area (Å²) in [6, 6.07) is 1.78. The van der Waals surface area contributed by atoms with Gasteiger partial charge in [-0.15, -0.1) is 0 Å². The van der Waals surface area contributed by atoms with Gasteiger partial charge in [-0.2, -0.15) is 5.10 Å². The molecule has 1 aromatic heterocycles. The van der Waals surface area contributed by atoms with Gasteiger partial charge in [-0.3, -0.25) is 13.7 Å². The van der Waals surface area contributed by atoms with Crippen molar-refractivity contribution in [3.63, 3.8) is 0 Å². The first kappa shape index (κ1) is 10.9. The van der Waals surface area contributed by atoms with Gasteiger partial charge in [0.1, 0.15) is 0 Å². The Morgan fingerprint density at radius 2 is 2.43 bits per heavy atom. The van der Waals surface area contributed by atoms with E-state index >= 15 is 0 Å². The highest BCUT2D eigenvalue weighted by molar-refractivity contribution is 7.84. The van der Waals surface area contributed by atoms with Gasteiger partial charge in [0.15, 0.2) is 0 Å². The maximum atomic E-state index is 11.3. The van der Waals surface area contributed by atoms with Gasteiger partial charge in [0.05, 0.1) is 17.9 Å². The molecular formula is C8H12N2O3S. The van der Waals surface area contributed by atoms with Crippen LogP contribution in [0.25, 0.3) is 0 Å². The van der Waals surface area contributed by atoms with Crippen LogP contribution in [0.4, 0.5) is 0 Å². The first-order valence-corrected chi connectivity index (χ1v) is 5.62. The van der Waals surface area contributed by atoms with Crippen LogP contribution in [-0.4, -0.2) is 30.8 Å². The van der Waals surface area contributed by atoms with Crippen LogP contribution in [0.1, 0.15) is 12.1 Å². The molecular weight excluding hydrogens is 204 g/mol. The average Bonchev–Trinajstić information content (AvgIpc) is 2.48. The van der Waals surface area contributed by atoms with Crippen molar-refractivity contribution in [3.05, 3.63) is 18.0 Å². The van der Waals surface area contributed by atoms with E-state index in [4.69, 9.17) is 5.11 Å². The summed E-state index contributed by atoms with van der Waals surface area (Å²) in [6.45, 7) is 0. The normalized spacial score (nSPS) is 12.6. The minimum Gasteiger partial charge on any atom is -0.481 e. The van der Waals surface area contributed by atoms with Crippen LogP contribution < -0.4 is 0 Å². The second-order valence-corrected chi connectivity index (χ2v) is 4.49. The molecule has 1 aromatic rings. The topological polar surface area (TPSA) is 72.2 Å². The summed E-state index contributed by atoms with van der Waals surface area (Å²) in [5.41, 5.74) is 0.733. The first-order chi connectivity index (χ1) is 6.58. The lowest BCUT2D eigenvalue weighted by molar-refractivity contribution is -0.136. The van der Waals surface area contributed by atoms with Crippen LogP contribution >= 0.6 is 0 Å². The molecule has 1 unspecified atom stereocenters. The maximum Gasteiger partial charge on any atom is 0.304 e. The number of aliphatic carboxylic acids is 1. The smallest absolute Gasteiger partial charge is 0.304 e. The van der Waals surface area contributed by atoms with Crippen LogP contribution in [-0.2, 0) is 28.4 Å². The lowest BCUT2D eigenvalue weighted by atomic mass is 10.5. The van der Waals surface area contributed by atoms with Crippen molar-refractivity contribution in [2.75, 3.05) is 5.75 Å². The van der Waals surface area contributed by atoms with Gasteiger partial charge in [-0.1, -0.05) is 0 Å². The number of hydrogen-bond acceptors (Lipinski definition) is 3. The Kier molecular flexibility index (Phi) is 3.82. The molecule has 1 N–H and O–H groups in total. The van der Waals surface area contributed by atoms with E-state index < -0.39 is 16.8 Å². The highest BCUT2D eigenvalue weighted by Gasteiger charge is 2.06. The average molecular weight is 216 g/mol. The van der Waals surface area contributed by atoms with E-state index in [1.165, 1.54) is 0 Å². The molecule has 78 valence electrons. The summed E-state index contributed by atoms with van der Waals surface area (Å²) in [7, 11) is 0.647. The molecule has 0 aliphatic rings. The molecule has 0 aromatic carbocycles. The third-order valence-corrected chi connectivity index (χ3v) is 2.90. The van der Waals surface area contributed by atoms with Gasteiger partial charge in [0.25, 0.3) is 0 Å². The van der Waals surface area contributed by atoms with Gasteiger partial charge in [0, 0.05) is 29.8 Å². The number of aromatic nitrogens is 2. The fourth-order valence-corrected chi connectivity index (χ4v) is 2.01. The van der Waals surface area contributed by atoms with Crippen LogP contribution in [0.3, 0.4) is 0 Å². The maximum absolute atomic E-state index is 11.3. The monoisotopic (exact) mass is 216 g/mol. The van der Waals surface area contributed by atoms with Crippen molar-refractivity contribution in [3.8, 4) is 0 Å². The van der Waals surface area contributed by atoms with Crippen molar-refractivity contribution < 1.29 is 14.1 Å². The molecule has 0 aliphatic carbocycles.